The van der Waals surface area contributed by atoms with Gasteiger partial charge in [0.15, 0.2) is 0 Å². The number of carbonyl (C=O) groups is 1. The van der Waals surface area contributed by atoms with Crippen LogP contribution in [0.2, 0.25) is 0 Å². The van der Waals surface area contributed by atoms with Crippen molar-refractivity contribution in [3.05, 3.63) is 45.5 Å². The first kappa shape index (κ1) is 13.4. The Morgan fingerprint density at radius 2 is 2.42 bits per heavy atom. The maximum Gasteiger partial charge on any atom is 0.255 e. The van der Waals surface area contributed by atoms with Crippen molar-refractivity contribution in [1.29, 1.82) is 0 Å². The second kappa shape index (κ2) is 6.23. The lowest BCUT2D eigenvalue weighted by atomic mass is 10.2. The molecular weight excluding hydrogens is 260 g/mol. The quantitative estimate of drug-likeness (QED) is 0.840. The van der Waals surface area contributed by atoms with Crippen LogP contribution in [0.4, 0.5) is 0 Å². The van der Waals surface area contributed by atoms with Gasteiger partial charge in [0, 0.05) is 15.8 Å². The molecule has 0 radical (unpaired) electrons. The highest BCUT2D eigenvalue weighted by Gasteiger charge is 2.11. The third kappa shape index (κ3) is 3.47. The highest BCUT2D eigenvalue weighted by atomic mass is 32.1. The van der Waals surface area contributed by atoms with Gasteiger partial charge in [0.05, 0.1) is 24.9 Å². The molecule has 0 spiro atoms. The van der Waals surface area contributed by atoms with Crippen LogP contribution in [0.25, 0.3) is 0 Å². The van der Waals surface area contributed by atoms with Crippen LogP contribution in [0.15, 0.2) is 28.2 Å². The van der Waals surface area contributed by atoms with Gasteiger partial charge in [-0.1, -0.05) is 11.8 Å². The van der Waals surface area contributed by atoms with E-state index in [2.05, 4.69) is 17.2 Å². The van der Waals surface area contributed by atoms with Gasteiger partial charge in [-0.15, -0.1) is 11.3 Å². The molecule has 2 rings (SSSR count). The molecule has 2 aromatic rings. The van der Waals surface area contributed by atoms with Gasteiger partial charge < -0.3 is 15.5 Å². The molecule has 0 aromatic carbocycles. The highest BCUT2D eigenvalue weighted by molar-refractivity contribution is 7.10. The van der Waals surface area contributed by atoms with Gasteiger partial charge in [0.1, 0.15) is 5.76 Å². The van der Waals surface area contributed by atoms with E-state index in [-0.39, 0.29) is 5.91 Å². The molecule has 0 aliphatic rings. The zero-order chi connectivity index (χ0) is 13.7. The van der Waals surface area contributed by atoms with Crippen LogP contribution >= 0.6 is 11.3 Å². The lowest BCUT2D eigenvalue weighted by molar-refractivity contribution is 0.0950. The van der Waals surface area contributed by atoms with Crippen LogP contribution in [-0.4, -0.2) is 12.5 Å². The average molecular weight is 274 g/mol. The molecule has 0 aliphatic carbocycles. The first-order chi connectivity index (χ1) is 9.20. The topological polar surface area (TPSA) is 68.3 Å². The van der Waals surface area contributed by atoms with Crippen molar-refractivity contribution in [2.75, 3.05) is 6.54 Å². The number of rotatable bonds is 3. The molecule has 0 aliphatic heterocycles. The molecule has 0 bridgehead atoms. The Labute approximate surface area is 115 Å². The minimum Gasteiger partial charge on any atom is -0.469 e. The summed E-state index contributed by atoms with van der Waals surface area (Å²) < 4.78 is 5.10. The van der Waals surface area contributed by atoms with Crippen LogP contribution in [-0.2, 0) is 6.54 Å². The molecule has 19 heavy (non-hydrogen) atoms. The van der Waals surface area contributed by atoms with Crippen LogP contribution in [0, 0.1) is 18.8 Å². The van der Waals surface area contributed by atoms with E-state index in [4.69, 9.17) is 10.2 Å². The standard InChI is InChI=1S/C14H14N2O2S/c1-10-13(4-6-18-10)14(17)16-8-12-7-11(9-19-12)3-2-5-15/h4,6-7,9H,5,8,15H2,1H3,(H,16,17). The van der Waals surface area contributed by atoms with Gasteiger partial charge in [0.25, 0.3) is 5.91 Å². The summed E-state index contributed by atoms with van der Waals surface area (Å²) in [6, 6.07) is 3.62. The van der Waals surface area contributed by atoms with Crippen LogP contribution in [0.5, 0.6) is 0 Å². The first-order valence-electron chi connectivity index (χ1n) is 5.79. The van der Waals surface area contributed by atoms with Crippen molar-refractivity contribution >= 4 is 17.2 Å². The third-order valence-corrected chi connectivity index (χ3v) is 3.45. The van der Waals surface area contributed by atoms with E-state index in [9.17, 15) is 4.79 Å². The molecule has 2 heterocycles. The highest BCUT2D eigenvalue weighted by Crippen LogP contribution is 2.14. The lowest BCUT2D eigenvalue weighted by Crippen LogP contribution is -2.22. The summed E-state index contributed by atoms with van der Waals surface area (Å²) in [7, 11) is 0. The first-order valence-corrected chi connectivity index (χ1v) is 6.67. The molecule has 0 unspecified atom stereocenters. The maximum atomic E-state index is 11.9. The Bertz CT molecular complexity index is 631. The lowest BCUT2D eigenvalue weighted by Gasteiger charge is -2.01. The molecule has 0 fully saturated rings. The number of nitrogens with one attached hydrogen (secondary N) is 1. The third-order valence-electron chi connectivity index (χ3n) is 2.52. The van der Waals surface area contributed by atoms with Gasteiger partial charge in [-0.2, -0.15) is 0 Å². The van der Waals surface area contributed by atoms with Gasteiger partial charge in [-0.25, -0.2) is 0 Å². The molecule has 1 amide bonds. The van der Waals surface area contributed by atoms with Crippen molar-refractivity contribution in [3.8, 4) is 11.8 Å². The summed E-state index contributed by atoms with van der Waals surface area (Å²) in [5, 5.41) is 4.80. The molecule has 2 aromatic heterocycles. The predicted octanol–water partition coefficient (Wildman–Crippen LogP) is 1.89. The number of aryl methyl sites for hydroxylation is 1. The Morgan fingerprint density at radius 1 is 1.58 bits per heavy atom. The minimum absolute atomic E-state index is 0.130. The van der Waals surface area contributed by atoms with E-state index >= 15 is 0 Å². The molecule has 3 N–H and O–H groups in total. The molecule has 4 nitrogen and oxygen atoms in total. The van der Waals surface area contributed by atoms with E-state index < -0.39 is 0 Å². The normalized spacial score (nSPS) is 9.79. The van der Waals surface area contributed by atoms with Crippen molar-refractivity contribution in [1.82, 2.24) is 5.32 Å². The van der Waals surface area contributed by atoms with E-state index in [1.807, 2.05) is 11.4 Å². The molecule has 5 heteroatoms. The second-order valence-electron chi connectivity index (χ2n) is 3.88. The smallest absolute Gasteiger partial charge is 0.255 e. The molecular formula is C14H14N2O2S. The van der Waals surface area contributed by atoms with Crippen molar-refractivity contribution < 1.29 is 9.21 Å². The Hall–Kier alpha value is -2.03. The van der Waals surface area contributed by atoms with Crippen LogP contribution in [0.3, 0.4) is 0 Å². The van der Waals surface area contributed by atoms with E-state index in [0.29, 0.717) is 24.4 Å². The van der Waals surface area contributed by atoms with Crippen LogP contribution in [0.1, 0.15) is 26.6 Å². The summed E-state index contributed by atoms with van der Waals surface area (Å²) >= 11 is 1.56. The zero-order valence-electron chi connectivity index (χ0n) is 10.5. The second-order valence-corrected chi connectivity index (χ2v) is 4.88. The van der Waals surface area contributed by atoms with Gasteiger partial charge >= 0.3 is 0 Å². The van der Waals surface area contributed by atoms with Gasteiger partial charge in [-0.3, -0.25) is 4.79 Å². The SMILES string of the molecule is Cc1occc1C(=O)NCc1cc(C#CCN)cs1. The van der Waals surface area contributed by atoms with Crippen LogP contribution < -0.4 is 11.1 Å². The van der Waals surface area contributed by atoms with E-state index in [0.717, 1.165) is 10.4 Å². The summed E-state index contributed by atoms with van der Waals surface area (Å²) in [5.41, 5.74) is 6.81. The fourth-order valence-corrected chi connectivity index (χ4v) is 2.33. The number of hydrogen-bond acceptors (Lipinski definition) is 4. The molecule has 0 saturated carbocycles. The summed E-state index contributed by atoms with van der Waals surface area (Å²) in [6.45, 7) is 2.60. The summed E-state index contributed by atoms with van der Waals surface area (Å²) in [6.07, 6.45) is 1.51. The fraction of sp³-hybridized carbons (Fsp3) is 0.214. The number of thiophene rings is 1. The summed E-state index contributed by atoms with van der Waals surface area (Å²) in [5.74, 6) is 6.25. The molecule has 0 atom stereocenters. The summed E-state index contributed by atoms with van der Waals surface area (Å²) in [4.78, 5) is 12.9. The minimum atomic E-state index is -0.130. The van der Waals surface area contributed by atoms with E-state index in [1.54, 1.807) is 24.3 Å². The largest absolute Gasteiger partial charge is 0.469 e. The maximum absolute atomic E-state index is 11.9. The number of hydrogen-bond donors (Lipinski definition) is 2. The Morgan fingerprint density at radius 3 is 3.11 bits per heavy atom. The monoisotopic (exact) mass is 274 g/mol. The van der Waals surface area contributed by atoms with Gasteiger partial charge in [-0.05, 0) is 19.1 Å². The fourth-order valence-electron chi connectivity index (χ4n) is 1.58. The Balaban J connectivity index is 1.94. The van der Waals surface area contributed by atoms with Crippen molar-refractivity contribution in [2.24, 2.45) is 5.73 Å². The van der Waals surface area contributed by atoms with E-state index in [1.165, 1.54) is 6.26 Å². The average Bonchev–Trinajstić information content (AvgIpc) is 3.02. The molecule has 0 saturated heterocycles. The number of nitrogens with two attached hydrogens (primary N) is 1. The zero-order valence-corrected chi connectivity index (χ0v) is 11.3. The number of amides is 1. The molecule has 98 valence electrons. The number of furan rings is 1. The van der Waals surface area contributed by atoms with Crippen molar-refractivity contribution in [2.45, 2.75) is 13.5 Å². The van der Waals surface area contributed by atoms with Crippen molar-refractivity contribution in [3.63, 3.8) is 0 Å². The van der Waals surface area contributed by atoms with Gasteiger partial charge in [0.2, 0.25) is 0 Å². The Kier molecular flexibility index (Phi) is 4.39. The predicted molar refractivity (Wildman–Crippen MR) is 74.9 cm³/mol. The number of carbonyl (C=O) groups excluding carboxylic acids is 1.